The van der Waals surface area contributed by atoms with Crippen LogP contribution in [0.15, 0.2) is 24.8 Å². The molecule has 0 bridgehead atoms. The lowest BCUT2D eigenvalue weighted by molar-refractivity contribution is 0.101. The zero-order valence-corrected chi connectivity index (χ0v) is 17.7. The lowest BCUT2D eigenvalue weighted by Crippen LogP contribution is -2.24. The minimum absolute atomic E-state index is 0.216. The molecule has 3 atom stereocenters. The standard InChI is InChI=1S/C19H24N6O5S/c1-2-3-4-6-25-7-5-16(24-25)18(27)15-10-21-12-22-19(15)23-14-8-13(17(26)9-14)11-30-31(20,28)29/h5,7,10,12-14,17,26H,2,6,8-9,11H2,1H3,(H2,20,28,29)(H,21,22,23)/t13-,14-,17+/m1/s1. The zero-order valence-electron chi connectivity index (χ0n) is 16.9. The molecular weight excluding hydrogens is 424 g/mol. The average Bonchev–Trinajstić information content (AvgIpc) is 3.32. The van der Waals surface area contributed by atoms with E-state index in [1.165, 1.54) is 12.5 Å². The number of rotatable bonds is 8. The van der Waals surface area contributed by atoms with E-state index < -0.39 is 22.3 Å². The topological polar surface area (TPSA) is 162 Å². The first kappa shape index (κ1) is 22.8. The summed E-state index contributed by atoms with van der Waals surface area (Å²) in [6.45, 7) is 2.12. The van der Waals surface area contributed by atoms with Crippen LogP contribution < -0.4 is 10.5 Å². The molecular formula is C19H24N6O5S. The Kier molecular flexibility index (Phi) is 7.34. The Bertz CT molecular complexity index is 1090. The third-order valence-electron chi connectivity index (χ3n) is 4.82. The van der Waals surface area contributed by atoms with Gasteiger partial charge in [0.1, 0.15) is 24.4 Å². The van der Waals surface area contributed by atoms with Gasteiger partial charge in [-0.3, -0.25) is 13.7 Å². The number of nitrogens with two attached hydrogens (primary N) is 1. The van der Waals surface area contributed by atoms with Crippen LogP contribution in [0.5, 0.6) is 0 Å². The molecule has 3 rings (SSSR count). The van der Waals surface area contributed by atoms with Crippen LogP contribution in [0.1, 0.15) is 42.2 Å². The van der Waals surface area contributed by atoms with E-state index in [9.17, 15) is 18.3 Å². The summed E-state index contributed by atoms with van der Waals surface area (Å²) in [5, 5.41) is 22.4. The van der Waals surface area contributed by atoms with E-state index in [2.05, 4.69) is 36.4 Å². The van der Waals surface area contributed by atoms with E-state index in [-0.39, 0.29) is 29.7 Å². The van der Waals surface area contributed by atoms with Crippen molar-refractivity contribution >= 4 is 21.9 Å². The Balaban J connectivity index is 1.69. The third kappa shape index (κ3) is 6.31. The van der Waals surface area contributed by atoms with Crippen LogP contribution in [-0.2, 0) is 21.0 Å². The Morgan fingerprint density at radius 2 is 2.23 bits per heavy atom. The summed E-state index contributed by atoms with van der Waals surface area (Å²) in [6.07, 6.45) is 5.11. The predicted molar refractivity (Wildman–Crippen MR) is 111 cm³/mol. The monoisotopic (exact) mass is 448 g/mol. The molecule has 2 aromatic heterocycles. The Labute approximate surface area is 180 Å². The maximum absolute atomic E-state index is 12.9. The first-order valence-electron chi connectivity index (χ1n) is 9.72. The Hall–Kier alpha value is -2.85. The molecule has 0 spiro atoms. The highest BCUT2D eigenvalue weighted by Crippen LogP contribution is 2.29. The van der Waals surface area contributed by atoms with Crippen LogP contribution in [0.3, 0.4) is 0 Å². The number of carbonyl (C=O) groups is 1. The molecule has 1 saturated carbocycles. The molecule has 0 unspecified atom stereocenters. The first-order chi connectivity index (χ1) is 14.8. The van der Waals surface area contributed by atoms with Crippen molar-refractivity contribution in [3.63, 3.8) is 0 Å². The number of aliphatic hydroxyl groups is 1. The summed E-state index contributed by atoms with van der Waals surface area (Å²) in [6, 6.07) is 1.36. The molecule has 2 aromatic rings. The minimum Gasteiger partial charge on any atom is -0.393 e. The molecule has 1 fully saturated rings. The number of nitrogens with zero attached hydrogens (tertiary/aromatic N) is 4. The summed E-state index contributed by atoms with van der Waals surface area (Å²) >= 11 is 0. The second-order valence-electron chi connectivity index (χ2n) is 7.14. The van der Waals surface area contributed by atoms with Crippen molar-refractivity contribution in [2.24, 2.45) is 11.1 Å². The molecule has 2 heterocycles. The normalized spacial score (nSPS) is 20.8. The van der Waals surface area contributed by atoms with Gasteiger partial charge in [0, 0.05) is 30.8 Å². The molecule has 0 aliphatic heterocycles. The van der Waals surface area contributed by atoms with Crippen molar-refractivity contribution in [3.05, 3.63) is 36.0 Å². The van der Waals surface area contributed by atoms with E-state index in [4.69, 9.17) is 5.14 Å². The molecule has 1 aliphatic carbocycles. The van der Waals surface area contributed by atoms with Gasteiger partial charge < -0.3 is 10.4 Å². The Morgan fingerprint density at radius 1 is 1.42 bits per heavy atom. The van der Waals surface area contributed by atoms with Gasteiger partial charge in [0.15, 0.2) is 0 Å². The van der Waals surface area contributed by atoms with E-state index >= 15 is 0 Å². The summed E-state index contributed by atoms with van der Waals surface area (Å²) in [7, 11) is -4.08. The highest BCUT2D eigenvalue weighted by atomic mass is 32.2. The number of aliphatic hydroxyl groups excluding tert-OH is 1. The van der Waals surface area contributed by atoms with Gasteiger partial charge in [-0.1, -0.05) is 12.8 Å². The van der Waals surface area contributed by atoms with Gasteiger partial charge >= 0.3 is 10.3 Å². The van der Waals surface area contributed by atoms with Gasteiger partial charge in [0.05, 0.1) is 18.3 Å². The SMILES string of the molecule is CCC#CCn1ccc(C(=O)c2cncnc2N[C@@H]2C[C@H](COS(N)(=O)=O)[C@@H](O)C2)n1. The van der Waals surface area contributed by atoms with Crippen LogP contribution in [0, 0.1) is 17.8 Å². The molecule has 0 radical (unpaired) electrons. The summed E-state index contributed by atoms with van der Waals surface area (Å²) in [5.41, 5.74) is 0.480. The Morgan fingerprint density at radius 3 is 2.97 bits per heavy atom. The van der Waals surface area contributed by atoms with Crippen molar-refractivity contribution < 1.29 is 22.5 Å². The van der Waals surface area contributed by atoms with Crippen molar-refractivity contribution in [1.82, 2.24) is 19.7 Å². The van der Waals surface area contributed by atoms with Gasteiger partial charge in [-0.2, -0.15) is 13.5 Å². The highest BCUT2D eigenvalue weighted by Gasteiger charge is 2.34. The molecule has 12 heteroatoms. The van der Waals surface area contributed by atoms with Crippen LogP contribution in [-0.4, -0.2) is 57.8 Å². The lowest BCUT2D eigenvalue weighted by atomic mass is 10.1. The van der Waals surface area contributed by atoms with E-state index in [0.29, 0.717) is 25.2 Å². The second-order valence-corrected chi connectivity index (χ2v) is 8.36. The van der Waals surface area contributed by atoms with Gasteiger partial charge in [-0.05, 0) is 18.9 Å². The molecule has 166 valence electrons. The predicted octanol–water partition coefficient (Wildman–Crippen LogP) is 0.0890. The number of nitrogens with one attached hydrogen (secondary N) is 1. The average molecular weight is 449 g/mol. The van der Waals surface area contributed by atoms with Crippen molar-refractivity contribution in [1.29, 1.82) is 0 Å². The molecule has 0 amide bonds. The van der Waals surface area contributed by atoms with Gasteiger partial charge in [0.25, 0.3) is 0 Å². The number of carbonyl (C=O) groups excluding carboxylic acids is 1. The molecule has 31 heavy (non-hydrogen) atoms. The largest absolute Gasteiger partial charge is 0.393 e. The first-order valence-corrected chi connectivity index (χ1v) is 11.2. The smallest absolute Gasteiger partial charge is 0.333 e. The van der Waals surface area contributed by atoms with Crippen LogP contribution >= 0.6 is 0 Å². The van der Waals surface area contributed by atoms with Crippen molar-refractivity contribution in [3.8, 4) is 11.8 Å². The van der Waals surface area contributed by atoms with Gasteiger partial charge in [-0.15, -0.1) is 5.92 Å². The molecule has 0 saturated heterocycles. The van der Waals surface area contributed by atoms with Crippen molar-refractivity contribution in [2.45, 2.75) is 44.9 Å². The van der Waals surface area contributed by atoms with Crippen LogP contribution in [0.4, 0.5) is 5.82 Å². The number of anilines is 1. The quantitative estimate of drug-likeness (QED) is 0.375. The van der Waals surface area contributed by atoms with E-state index in [1.54, 1.807) is 16.9 Å². The van der Waals surface area contributed by atoms with E-state index in [1.807, 2.05) is 6.92 Å². The minimum atomic E-state index is -4.08. The number of ketones is 1. The molecule has 4 N–H and O–H groups in total. The third-order valence-corrected chi connectivity index (χ3v) is 5.28. The summed E-state index contributed by atoms with van der Waals surface area (Å²) in [5.74, 6) is 5.44. The van der Waals surface area contributed by atoms with Crippen LogP contribution in [0.25, 0.3) is 0 Å². The number of hydrogen-bond acceptors (Lipinski definition) is 9. The maximum Gasteiger partial charge on any atom is 0.333 e. The molecule has 0 aromatic carbocycles. The second kappa shape index (κ2) is 9.97. The fourth-order valence-electron chi connectivity index (χ4n) is 3.36. The zero-order chi connectivity index (χ0) is 22.4. The number of hydrogen-bond donors (Lipinski definition) is 3. The fourth-order valence-corrected chi connectivity index (χ4v) is 3.72. The van der Waals surface area contributed by atoms with Crippen LogP contribution in [0.2, 0.25) is 0 Å². The number of aromatic nitrogens is 4. The molecule has 11 nitrogen and oxygen atoms in total. The lowest BCUT2D eigenvalue weighted by Gasteiger charge is -2.15. The highest BCUT2D eigenvalue weighted by molar-refractivity contribution is 7.84. The van der Waals surface area contributed by atoms with E-state index in [0.717, 1.165) is 6.42 Å². The molecule has 1 aliphatic rings. The maximum atomic E-state index is 12.9. The van der Waals surface area contributed by atoms with Gasteiger partial charge in [-0.25, -0.2) is 15.1 Å². The fraction of sp³-hybridized carbons (Fsp3) is 0.474. The van der Waals surface area contributed by atoms with Crippen molar-refractivity contribution in [2.75, 3.05) is 11.9 Å². The van der Waals surface area contributed by atoms with Gasteiger partial charge in [0.2, 0.25) is 5.78 Å². The summed E-state index contributed by atoms with van der Waals surface area (Å²) in [4.78, 5) is 21.0. The summed E-state index contributed by atoms with van der Waals surface area (Å²) < 4.78 is 28.2.